The molecular formula is C21H25N3OS. The highest BCUT2D eigenvalue weighted by Gasteiger charge is 2.25. The van der Waals surface area contributed by atoms with E-state index in [1.54, 1.807) is 11.3 Å². The molecule has 1 aliphatic heterocycles. The Bertz CT molecular complexity index is 885. The van der Waals surface area contributed by atoms with Gasteiger partial charge in [-0.2, -0.15) is 11.3 Å². The Balaban J connectivity index is 1.65. The lowest BCUT2D eigenvalue weighted by Crippen LogP contribution is -2.28. The van der Waals surface area contributed by atoms with Crippen LogP contribution in [-0.2, 0) is 19.5 Å². The molecule has 0 saturated carbocycles. The quantitative estimate of drug-likeness (QED) is 0.721. The van der Waals surface area contributed by atoms with Gasteiger partial charge in [-0.05, 0) is 36.7 Å². The number of benzene rings is 1. The Morgan fingerprint density at radius 1 is 1.31 bits per heavy atom. The molecule has 3 aromatic rings. The van der Waals surface area contributed by atoms with E-state index in [1.807, 2.05) is 0 Å². The van der Waals surface area contributed by atoms with Gasteiger partial charge in [-0.1, -0.05) is 24.6 Å². The van der Waals surface area contributed by atoms with E-state index in [0.717, 1.165) is 43.3 Å². The summed E-state index contributed by atoms with van der Waals surface area (Å²) in [7, 11) is 0. The third kappa shape index (κ3) is 3.55. The van der Waals surface area contributed by atoms with Crippen LogP contribution >= 0.6 is 11.3 Å². The number of H-pyrrole nitrogens is 1. The Labute approximate surface area is 158 Å². The fraction of sp³-hybridized carbons (Fsp3) is 0.381. The summed E-state index contributed by atoms with van der Waals surface area (Å²) in [5.41, 5.74) is 6.09. The molecule has 26 heavy (non-hydrogen) atoms. The zero-order chi connectivity index (χ0) is 18.1. The van der Waals surface area contributed by atoms with Crippen LogP contribution in [0.4, 0.5) is 0 Å². The van der Waals surface area contributed by atoms with Crippen molar-refractivity contribution in [2.75, 3.05) is 6.54 Å². The second-order valence-electron chi connectivity index (χ2n) is 7.05. The topological polar surface area (TPSA) is 41.2 Å². The second-order valence-corrected chi connectivity index (χ2v) is 7.83. The van der Waals surface area contributed by atoms with E-state index in [1.165, 1.54) is 22.4 Å². The molecule has 1 atom stereocenters. The lowest BCUT2D eigenvalue weighted by atomic mass is 10.1. The average Bonchev–Trinajstić information content (AvgIpc) is 3.23. The van der Waals surface area contributed by atoms with Crippen molar-refractivity contribution in [2.45, 2.75) is 46.4 Å². The summed E-state index contributed by atoms with van der Waals surface area (Å²) in [6.07, 6.45) is 0.985. The largest absolute Gasteiger partial charge is 0.484 e. The molecule has 0 unspecified atom stereocenters. The monoisotopic (exact) mass is 367 g/mol. The number of thiophene rings is 1. The van der Waals surface area contributed by atoms with E-state index in [9.17, 15) is 0 Å². The average molecular weight is 368 g/mol. The molecule has 1 aliphatic rings. The molecule has 0 amide bonds. The molecule has 0 radical (unpaired) electrons. The van der Waals surface area contributed by atoms with Crippen LogP contribution in [0.25, 0.3) is 0 Å². The van der Waals surface area contributed by atoms with Crippen molar-refractivity contribution in [2.24, 2.45) is 0 Å². The first-order valence-electron chi connectivity index (χ1n) is 9.17. The van der Waals surface area contributed by atoms with Gasteiger partial charge in [0.25, 0.3) is 0 Å². The van der Waals surface area contributed by atoms with Crippen molar-refractivity contribution in [3.63, 3.8) is 0 Å². The normalized spacial score (nSPS) is 17.6. The molecule has 4 nitrogen and oxygen atoms in total. The number of aromatic amines is 1. The standard InChI is InChI=1S/C21H25N3OS/c1-4-21-22-15(3)18(23-21)11-24-10-17-9-14(2)5-6-19(17)25-20(12-24)16-7-8-26-13-16/h5-9,13,20H,4,10-12H2,1-3H3,(H,22,23)/t20-/m0/s1. The molecule has 0 bridgehead atoms. The lowest BCUT2D eigenvalue weighted by molar-refractivity contribution is 0.143. The van der Waals surface area contributed by atoms with Crippen molar-refractivity contribution in [3.05, 3.63) is 68.9 Å². The summed E-state index contributed by atoms with van der Waals surface area (Å²) in [6, 6.07) is 8.65. The highest BCUT2D eigenvalue weighted by Crippen LogP contribution is 2.33. The molecular weight excluding hydrogens is 342 g/mol. The summed E-state index contributed by atoms with van der Waals surface area (Å²) in [5, 5.41) is 4.31. The predicted molar refractivity (Wildman–Crippen MR) is 106 cm³/mol. The Morgan fingerprint density at radius 2 is 2.19 bits per heavy atom. The van der Waals surface area contributed by atoms with Crippen LogP contribution in [0.5, 0.6) is 5.75 Å². The van der Waals surface area contributed by atoms with E-state index in [2.05, 4.69) is 65.7 Å². The second kappa shape index (κ2) is 7.25. The minimum atomic E-state index is 0.0510. The fourth-order valence-corrected chi connectivity index (χ4v) is 4.23. The first kappa shape index (κ1) is 17.3. The highest BCUT2D eigenvalue weighted by atomic mass is 32.1. The molecule has 0 aliphatic carbocycles. The zero-order valence-corrected chi connectivity index (χ0v) is 16.4. The van der Waals surface area contributed by atoms with Gasteiger partial charge in [0.1, 0.15) is 17.7 Å². The molecule has 0 fully saturated rings. The number of aryl methyl sites for hydroxylation is 3. The lowest BCUT2D eigenvalue weighted by Gasteiger charge is -2.23. The summed E-state index contributed by atoms with van der Waals surface area (Å²) in [5.74, 6) is 2.07. The predicted octanol–water partition coefficient (Wildman–Crippen LogP) is 4.79. The third-order valence-electron chi connectivity index (χ3n) is 4.96. The third-order valence-corrected chi connectivity index (χ3v) is 5.66. The summed E-state index contributed by atoms with van der Waals surface area (Å²) >= 11 is 1.72. The van der Waals surface area contributed by atoms with Crippen LogP contribution in [-0.4, -0.2) is 21.4 Å². The SMILES string of the molecule is CCc1nc(CN2Cc3cc(C)ccc3O[C@H](c3ccsc3)C2)c(C)[nH]1. The number of fused-ring (bicyclic) bond motifs is 1. The van der Waals surface area contributed by atoms with Gasteiger partial charge in [0.2, 0.25) is 0 Å². The van der Waals surface area contributed by atoms with Crippen molar-refractivity contribution < 1.29 is 4.74 Å². The number of hydrogen-bond donors (Lipinski definition) is 1. The molecule has 0 saturated heterocycles. The van der Waals surface area contributed by atoms with Gasteiger partial charge in [0.15, 0.2) is 0 Å². The van der Waals surface area contributed by atoms with E-state index < -0.39 is 0 Å². The van der Waals surface area contributed by atoms with Crippen molar-refractivity contribution >= 4 is 11.3 Å². The maximum atomic E-state index is 6.42. The van der Waals surface area contributed by atoms with E-state index in [-0.39, 0.29) is 6.10 Å². The van der Waals surface area contributed by atoms with Crippen LogP contribution in [0.15, 0.2) is 35.0 Å². The van der Waals surface area contributed by atoms with Gasteiger partial charge in [-0.25, -0.2) is 4.98 Å². The van der Waals surface area contributed by atoms with Gasteiger partial charge < -0.3 is 9.72 Å². The van der Waals surface area contributed by atoms with Gasteiger partial charge in [0, 0.05) is 42.9 Å². The number of nitrogens with zero attached hydrogens (tertiary/aromatic N) is 2. The van der Waals surface area contributed by atoms with E-state index >= 15 is 0 Å². The first-order valence-corrected chi connectivity index (χ1v) is 10.1. The highest BCUT2D eigenvalue weighted by molar-refractivity contribution is 7.07. The van der Waals surface area contributed by atoms with Crippen molar-refractivity contribution in [1.29, 1.82) is 0 Å². The summed E-state index contributed by atoms with van der Waals surface area (Å²) in [4.78, 5) is 10.6. The number of ether oxygens (including phenoxy) is 1. The minimum Gasteiger partial charge on any atom is -0.484 e. The molecule has 4 rings (SSSR count). The van der Waals surface area contributed by atoms with Crippen LogP contribution in [0.1, 0.15) is 46.9 Å². The Morgan fingerprint density at radius 3 is 2.92 bits per heavy atom. The molecule has 136 valence electrons. The summed E-state index contributed by atoms with van der Waals surface area (Å²) in [6.45, 7) is 8.96. The van der Waals surface area contributed by atoms with Crippen molar-refractivity contribution in [3.8, 4) is 5.75 Å². The molecule has 1 N–H and O–H groups in total. The number of nitrogens with one attached hydrogen (secondary N) is 1. The van der Waals surface area contributed by atoms with Gasteiger partial charge >= 0.3 is 0 Å². The Kier molecular flexibility index (Phi) is 4.83. The fourth-order valence-electron chi connectivity index (χ4n) is 3.53. The first-order chi connectivity index (χ1) is 12.6. The maximum absolute atomic E-state index is 6.42. The minimum absolute atomic E-state index is 0.0510. The van der Waals surface area contributed by atoms with Gasteiger partial charge in [-0.3, -0.25) is 4.90 Å². The number of imidazole rings is 1. The Hall–Kier alpha value is -2.11. The maximum Gasteiger partial charge on any atom is 0.137 e. The van der Waals surface area contributed by atoms with Gasteiger partial charge in [-0.15, -0.1) is 0 Å². The zero-order valence-electron chi connectivity index (χ0n) is 15.6. The summed E-state index contributed by atoms with van der Waals surface area (Å²) < 4.78 is 6.42. The van der Waals surface area contributed by atoms with E-state index in [4.69, 9.17) is 9.72 Å². The number of aromatic nitrogens is 2. The number of rotatable bonds is 4. The van der Waals surface area contributed by atoms with Crippen LogP contribution in [0.2, 0.25) is 0 Å². The van der Waals surface area contributed by atoms with Crippen LogP contribution in [0.3, 0.4) is 0 Å². The number of hydrogen-bond acceptors (Lipinski definition) is 4. The van der Waals surface area contributed by atoms with E-state index in [0.29, 0.717) is 0 Å². The molecule has 1 aromatic carbocycles. The smallest absolute Gasteiger partial charge is 0.137 e. The molecule has 5 heteroatoms. The molecule has 3 heterocycles. The molecule has 0 spiro atoms. The van der Waals surface area contributed by atoms with Crippen LogP contribution < -0.4 is 4.74 Å². The van der Waals surface area contributed by atoms with Crippen LogP contribution in [0, 0.1) is 13.8 Å². The van der Waals surface area contributed by atoms with Gasteiger partial charge in [0.05, 0.1) is 5.69 Å². The van der Waals surface area contributed by atoms with Crippen molar-refractivity contribution in [1.82, 2.24) is 14.9 Å². The molecule has 2 aromatic heterocycles.